The van der Waals surface area contributed by atoms with Gasteiger partial charge in [-0.15, -0.1) is 0 Å². The van der Waals surface area contributed by atoms with E-state index in [2.05, 4.69) is 20.5 Å². The molecule has 19 heavy (non-hydrogen) atoms. The van der Waals surface area contributed by atoms with Crippen molar-refractivity contribution < 1.29 is 9.53 Å². The predicted molar refractivity (Wildman–Crippen MR) is 70.3 cm³/mol. The third-order valence-corrected chi connectivity index (χ3v) is 3.47. The van der Waals surface area contributed by atoms with E-state index in [1.54, 1.807) is 0 Å². The first-order valence-corrected chi connectivity index (χ1v) is 7.07. The van der Waals surface area contributed by atoms with Gasteiger partial charge in [-0.05, 0) is 19.3 Å². The Hall–Kier alpha value is -1.43. The van der Waals surface area contributed by atoms with Crippen molar-refractivity contribution in [3.05, 3.63) is 12.2 Å². The van der Waals surface area contributed by atoms with Crippen LogP contribution in [-0.2, 0) is 16.1 Å². The zero-order valence-electron chi connectivity index (χ0n) is 11.4. The first-order chi connectivity index (χ1) is 9.29. The minimum absolute atomic E-state index is 0.0653. The topological polar surface area (TPSA) is 79.9 Å². The SMILES string of the molecule is CCC(OC1CCCCC1)C(=O)NCc1ncn[nH]1. The van der Waals surface area contributed by atoms with Gasteiger partial charge in [0.25, 0.3) is 0 Å². The van der Waals surface area contributed by atoms with Crippen LogP contribution in [0.15, 0.2) is 6.33 Å². The van der Waals surface area contributed by atoms with Crippen LogP contribution in [0.25, 0.3) is 0 Å². The van der Waals surface area contributed by atoms with Gasteiger partial charge in [-0.3, -0.25) is 9.89 Å². The van der Waals surface area contributed by atoms with Crippen LogP contribution in [0.5, 0.6) is 0 Å². The summed E-state index contributed by atoms with van der Waals surface area (Å²) in [4.78, 5) is 16.0. The molecule has 0 spiro atoms. The largest absolute Gasteiger partial charge is 0.365 e. The third kappa shape index (κ3) is 4.31. The zero-order valence-corrected chi connectivity index (χ0v) is 11.4. The summed E-state index contributed by atoms with van der Waals surface area (Å²) in [6.07, 6.45) is 7.87. The number of ether oxygens (including phenoxy) is 1. The van der Waals surface area contributed by atoms with E-state index in [1.807, 2.05) is 6.92 Å². The molecule has 2 N–H and O–H groups in total. The van der Waals surface area contributed by atoms with E-state index in [0.29, 0.717) is 18.8 Å². The summed E-state index contributed by atoms with van der Waals surface area (Å²) in [7, 11) is 0. The highest BCUT2D eigenvalue weighted by Crippen LogP contribution is 2.22. The molecule has 0 bridgehead atoms. The van der Waals surface area contributed by atoms with Crippen molar-refractivity contribution >= 4 is 5.91 Å². The van der Waals surface area contributed by atoms with Gasteiger partial charge in [0.15, 0.2) is 0 Å². The summed E-state index contributed by atoms with van der Waals surface area (Å²) in [5.41, 5.74) is 0. The summed E-state index contributed by atoms with van der Waals surface area (Å²) in [6.45, 7) is 2.34. The number of hydrogen-bond donors (Lipinski definition) is 2. The number of aromatic amines is 1. The summed E-state index contributed by atoms with van der Waals surface area (Å²) in [6, 6.07) is 0. The van der Waals surface area contributed by atoms with Crippen molar-refractivity contribution in [2.45, 2.75) is 64.2 Å². The van der Waals surface area contributed by atoms with E-state index in [-0.39, 0.29) is 18.1 Å². The normalized spacial score (nSPS) is 18.2. The molecule has 1 aliphatic carbocycles. The molecule has 2 rings (SSSR count). The lowest BCUT2D eigenvalue weighted by Crippen LogP contribution is -2.38. The van der Waals surface area contributed by atoms with Crippen LogP contribution in [0.3, 0.4) is 0 Å². The number of nitrogens with one attached hydrogen (secondary N) is 2. The van der Waals surface area contributed by atoms with Crippen LogP contribution in [0, 0.1) is 0 Å². The van der Waals surface area contributed by atoms with Gasteiger partial charge in [0.1, 0.15) is 18.3 Å². The number of hydrogen-bond acceptors (Lipinski definition) is 4. The number of rotatable bonds is 6. The second-order valence-corrected chi connectivity index (χ2v) is 4.94. The molecule has 0 aliphatic heterocycles. The van der Waals surface area contributed by atoms with Crippen LogP contribution < -0.4 is 5.32 Å². The average Bonchev–Trinajstić information content (AvgIpc) is 2.96. The van der Waals surface area contributed by atoms with Gasteiger partial charge < -0.3 is 10.1 Å². The maximum absolute atomic E-state index is 12.0. The smallest absolute Gasteiger partial charge is 0.249 e. The quantitative estimate of drug-likeness (QED) is 0.818. The summed E-state index contributed by atoms with van der Waals surface area (Å²) < 4.78 is 5.91. The number of carbonyl (C=O) groups is 1. The molecule has 1 aliphatic rings. The maximum Gasteiger partial charge on any atom is 0.249 e. The molecule has 0 radical (unpaired) electrons. The van der Waals surface area contributed by atoms with Gasteiger partial charge in [-0.2, -0.15) is 5.10 Å². The standard InChI is InChI=1S/C13H22N4O2/c1-2-11(19-10-6-4-3-5-7-10)13(18)14-8-12-15-9-16-17-12/h9-11H,2-8H2,1H3,(H,14,18)(H,15,16,17). The summed E-state index contributed by atoms with van der Waals surface area (Å²) in [5.74, 6) is 0.588. The van der Waals surface area contributed by atoms with E-state index < -0.39 is 0 Å². The van der Waals surface area contributed by atoms with Crippen molar-refractivity contribution in [2.75, 3.05) is 0 Å². The van der Waals surface area contributed by atoms with Crippen LogP contribution in [-0.4, -0.2) is 33.3 Å². The van der Waals surface area contributed by atoms with Gasteiger partial charge in [-0.25, -0.2) is 4.98 Å². The Balaban J connectivity index is 1.77. The van der Waals surface area contributed by atoms with Crippen LogP contribution in [0.1, 0.15) is 51.3 Å². The Labute approximate surface area is 113 Å². The van der Waals surface area contributed by atoms with Crippen LogP contribution in [0.4, 0.5) is 0 Å². The monoisotopic (exact) mass is 266 g/mol. The van der Waals surface area contributed by atoms with Crippen LogP contribution in [0.2, 0.25) is 0 Å². The molecule has 1 amide bonds. The first-order valence-electron chi connectivity index (χ1n) is 7.07. The van der Waals surface area contributed by atoms with Crippen LogP contribution >= 0.6 is 0 Å². The molecule has 6 heteroatoms. The van der Waals surface area contributed by atoms with Gasteiger partial charge in [-0.1, -0.05) is 26.2 Å². The zero-order chi connectivity index (χ0) is 13.5. The van der Waals surface area contributed by atoms with Gasteiger partial charge in [0.05, 0.1) is 12.6 Å². The number of amides is 1. The van der Waals surface area contributed by atoms with Gasteiger partial charge >= 0.3 is 0 Å². The molecule has 1 saturated carbocycles. The molecule has 1 fully saturated rings. The second kappa shape index (κ2) is 7.23. The van der Waals surface area contributed by atoms with E-state index in [4.69, 9.17) is 4.74 Å². The molecule has 1 aromatic rings. The minimum Gasteiger partial charge on any atom is -0.365 e. The highest BCUT2D eigenvalue weighted by molar-refractivity contribution is 5.80. The van der Waals surface area contributed by atoms with Gasteiger partial charge in [0.2, 0.25) is 5.91 Å². The second-order valence-electron chi connectivity index (χ2n) is 4.94. The third-order valence-electron chi connectivity index (χ3n) is 3.47. The molecule has 1 aromatic heterocycles. The summed E-state index contributed by atoms with van der Waals surface area (Å²) >= 11 is 0. The van der Waals surface area contributed by atoms with Crippen molar-refractivity contribution in [1.29, 1.82) is 0 Å². The Morgan fingerprint density at radius 2 is 2.32 bits per heavy atom. The van der Waals surface area contributed by atoms with E-state index in [0.717, 1.165) is 12.8 Å². The fraction of sp³-hybridized carbons (Fsp3) is 0.769. The maximum atomic E-state index is 12.0. The van der Waals surface area contributed by atoms with E-state index in [1.165, 1.54) is 25.6 Å². The Kier molecular flexibility index (Phi) is 5.32. The highest BCUT2D eigenvalue weighted by Gasteiger charge is 2.23. The predicted octanol–water partition coefficient (Wildman–Crippen LogP) is 1.55. The molecular weight excluding hydrogens is 244 g/mol. The molecular formula is C13H22N4O2. The average molecular weight is 266 g/mol. The molecule has 1 atom stereocenters. The molecule has 1 unspecified atom stereocenters. The Morgan fingerprint density at radius 1 is 1.53 bits per heavy atom. The Bertz CT molecular complexity index is 374. The molecule has 1 heterocycles. The lowest BCUT2D eigenvalue weighted by atomic mass is 9.97. The van der Waals surface area contributed by atoms with E-state index in [9.17, 15) is 4.79 Å². The first kappa shape index (κ1) is 14.0. The fourth-order valence-electron chi connectivity index (χ4n) is 2.38. The molecule has 0 aromatic carbocycles. The van der Waals surface area contributed by atoms with Crippen molar-refractivity contribution in [2.24, 2.45) is 0 Å². The van der Waals surface area contributed by atoms with Crippen molar-refractivity contribution in [3.63, 3.8) is 0 Å². The molecule has 0 saturated heterocycles. The van der Waals surface area contributed by atoms with Crippen molar-refractivity contribution in [1.82, 2.24) is 20.5 Å². The number of carbonyl (C=O) groups excluding carboxylic acids is 1. The fourth-order valence-corrected chi connectivity index (χ4v) is 2.38. The summed E-state index contributed by atoms with van der Waals surface area (Å²) in [5, 5.41) is 9.28. The number of H-pyrrole nitrogens is 1. The molecule has 6 nitrogen and oxygen atoms in total. The highest BCUT2D eigenvalue weighted by atomic mass is 16.5. The minimum atomic E-state index is -0.356. The van der Waals surface area contributed by atoms with E-state index >= 15 is 0 Å². The van der Waals surface area contributed by atoms with Gasteiger partial charge in [0, 0.05) is 0 Å². The Morgan fingerprint density at radius 3 is 2.95 bits per heavy atom. The molecule has 106 valence electrons. The lowest BCUT2D eigenvalue weighted by Gasteiger charge is -2.26. The number of nitrogens with zero attached hydrogens (tertiary/aromatic N) is 2. The van der Waals surface area contributed by atoms with Crippen molar-refractivity contribution in [3.8, 4) is 0 Å². The lowest BCUT2D eigenvalue weighted by molar-refractivity contribution is -0.138. The number of aromatic nitrogens is 3.